The molecule has 0 spiro atoms. The molecule has 0 aliphatic rings. The quantitative estimate of drug-likeness (QED) is 0.717. The highest BCUT2D eigenvalue weighted by Crippen LogP contribution is 2.13. The molecule has 0 fully saturated rings. The fourth-order valence-electron chi connectivity index (χ4n) is 1.60. The Hall–Kier alpha value is -0.380. The maximum absolute atomic E-state index is 3.18. The predicted molar refractivity (Wildman–Crippen MR) is 68.7 cm³/mol. The van der Waals surface area contributed by atoms with Crippen LogP contribution < -0.4 is 5.32 Å². The van der Waals surface area contributed by atoms with E-state index in [1.54, 1.807) is 0 Å². The molecule has 1 aromatic rings. The van der Waals surface area contributed by atoms with Crippen molar-refractivity contribution in [1.29, 1.82) is 0 Å². The Kier molecular flexibility index (Phi) is 5.91. The van der Waals surface area contributed by atoms with E-state index in [9.17, 15) is 0 Å². The van der Waals surface area contributed by atoms with Crippen molar-refractivity contribution in [3.63, 3.8) is 0 Å². The third kappa shape index (κ3) is 4.78. The minimum Gasteiger partial charge on any atom is -0.320 e. The second kappa shape index (κ2) is 6.99. The summed E-state index contributed by atoms with van der Waals surface area (Å²) in [5.74, 6) is 0. The van der Waals surface area contributed by atoms with Crippen LogP contribution in [0.5, 0.6) is 0 Å². The molecule has 0 aliphatic heterocycles. The van der Waals surface area contributed by atoms with E-state index >= 15 is 0 Å². The van der Waals surface area contributed by atoms with Crippen LogP contribution in [0.2, 0.25) is 0 Å². The predicted octanol–water partition coefficient (Wildman–Crippen LogP) is 2.22. The lowest BCUT2D eigenvalue weighted by molar-refractivity contribution is 0.254. The van der Waals surface area contributed by atoms with Crippen molar-refractivity contribution in [3.8, 4) is 0 Å². The molecule has 0 saturated carbocycles. The maximum atomic E-state index is 3.18. The fourth-order valence-corrected chi connectivity index (χ4v) is 2.43. The normalized spacial score (nSPS) is 13.3. The Morgan fingerprint density at radius 2 is 2.33 bits per heavy atom. The largest absolute Gasteiger partial charge is 0.320 e. The van der Waals surface area contributed by atoms with Crippen molar-refractivity contribution >= 4 is 11.3 Å². The molecule has 15 heavy (non-hydrogen) atoms. The van der Waals surface area contributed by atoms with Crippen LogP contribution in [0.3, 0.4) is 0 Å². The third-order valence-corrected chi connectivity index (χ3v) is 3.67. The van der Waals surface area contributed by atoms with E-state index in [1.807, 2.05) is 18.4 Å². The second-order valence-corrected chi connectivity index (χ2v) is 5.10. The zero-order valence-electron chi connectivity index (χ0n) is 9.99. The topological polar surface area (TPSA) is 15.3 Å². The van der Waals surface area contributed by atoms with Crippen molar-refractivity contribution in [1.82, 2.24) is 10.2 Å². The summed E-state index contributed by atoms with van der Waals surface area (Å²) in [4.78, 5) is 3.93. The number of nitrogens with one attached hydrogen (secondary N) is 1. The molecular formula is C12H22N2S. The molecule has 1 heterocycles. The van der Waals surface area contributed by atoms with E-state index in [1.165, 1.54) is 24.3 Å². The van der Waals surface area contributed by atoms with Crippen LogP contribution in [-0.4, -0.2) is 38.1 Å². The van der Waals surface area contributed by atoms with Crippen LogP contribution in [0.4, 0.5) is 0 Å². The van der Waals surface area contributed by atoms with E-state index in [0.717, 1.165) is 6.54 Å². The Bertz CT molecular complexity index is 246. The van der Waals surface area contributed by atoms with Crippen molar-refractivity contribution in [3.05, 3.63) is 22.4 Å². The molecule has 1 atom stereocenters. The van der Waals surface area contributed by atoms with Crippen LogP contribution in [0.25, 0.3) is 0 Å². The summed E-state index contributed by atoms with van der Waals surface area (Å²) in [5.41, 5.74) is 0. The number of hydrogen-bond acceptors (Lipinski definition) is 3. The molecule has 1 N–H and O–H groups in total. The molecule has 1 aromatic heterocycles. The molecule has 1 rings (SSSR count). The van der Waals surface area contributed by atoms with Crippen molar-refractivity contribution < 1.29 is 0 Å². The van der Waals surface area contributed by atoms with E-state index < -0.39 is 0 Å². The lowest BCUT2D eigenvalue weighted by atomic mass is 10.2. The summed E-state index contributed by atoms with van der Waals surface area (Å²) in [7, 11) is 4.23. The highest BCUT2D eigenvalue weighted by molar-refractivity contribution is 7.09. The number of rotatable bonds is 7. The first kappa shape index (κ1) is 12.7. The molecular weight excluding hydrogens is 204 g/mol. The first-order valence-electron chi connectivity index (χ1n) is 5.61. The number of hydrogen-bond donors (Lipinski definition) is 1. The van der Waals surface area contributed by atoms with Crippen molar-refractivity contribution in [2.24, 2.45) is 0 Å². The van der Waals surface area contributed by atoms with Crippen LogP contribution in [-0.2, 0) is 6.42 Å². The standard InChI is InChI=1S/C12H22N2S/c1-11(10-12-6-4-9-15-12)14(3)8-5-7-13-2/h4,6,9,11,13H,5,7-8,10H2,1-3H3. The van der Waals surface area contributed by atoms with Gasteiger partial charge in [0.25, 0.3) is 0 Å². The lowest BCUT2D eigenvalue weighted by Gasteiger charge is -2.24. The molecule has 2 nitrogen and oxygen atoms in total. The monoisotopic (exact) mass is 226 g/mol. The highest BCUT2D eigenvalue weighted by atomic mass is 32.1. The fraction of sp³-hybridized carbons (Fsp3) is 0.667. The van der Waals surface area contributed by atoms with Gasteiger partial charge in [-0.2, -0.15) is 0 Å². The van der Waals surface area contributed by atoms with Gasteiger partial charge in [-0.15, -0.1) is 11.3 Å². The Balaban J connectivity index is 2.23. The van der Waals surface area contributed by atoms with Gasteiger partial charge in [0.05, 0.1) is 0 Å². The summed E-state index contributed by atoms with van der Waals surface area (Å²) in [6.45, 7) is 4.59. The summed E-state index contributed by atoms with van der Waals surface area (Å²) < 4.78 is 0. The third-order valence-electron chi connectivity index (χ3n) is 2.77. The van der Waals surface area contributed by atoms with Crippen LogP contribution in [0, 0.1) is 0 Å². The van der Waals surface area contributed by atoms with Gasteiger partial charge < -0.3 is 10.2 Å². The van der Waals surface area contributed by atoms with Gasteiger partial charge in [-0.25, -0.2) is 0 Å². The van der Waals surface area contributed by atoms with Gasteiger partial charge >= 0.3 is 0 Å². The zero-order valence-corrected chi connectivity index (χ0v) is 10.8. The van der Waals surface area contributed by atoms with E-state index in [0.29, 0.717) is 6.04 Å². The van der Waals surface area contributed by atoms with Crippen LogP contribution in [0.1, 0.15) is 18.2 Å². The van der Waals surface area contributed by atoms with Gasteiger partial charge in [0.1, 0.15) is 0 Å². The number of thiophene rings is 1. The first-order chi connectivity index (χ1) is 7.24. The number of nitrogens with zero attached hydrogens (tertiary/aromatic N) is 1. The Labute approximate surface area is 97.3 Å². The summed E-state index contributed by atoms with van der Waals surface area (Å²) in [5, 5.41) is 5.34. The number of likely N-dealkylation sites (N-methyl/N-ethyl adjacent to an activating group) is 1. The Morgan fingerprint density at radius 3 is 2.93 bits per heavy atom. The minimum absolute atomic E-state index is 0.639. The summed E-state index contributed by atoms with van der Waals surface area (Å²) >= 11 is 1.86. The minimum atomic E-state index is 0.639. The van der Waals surface area contributed by atoms with Gasteiger partial charge in [0.2, 0.25) is 0 Å². The van der Waals surface area contributed by atoms with Gasteiger partial charge in [0.15, 0.2) is 0 Å². The molecule has 3 heteroatoms. The summed E-state index contributed by atoms with van der Waals surface area (Å²) in [6, 6.07) is 5.00. The molecule has 0 saturated heterocycles. The zero-order chi connectivity index (χ0) is 11.1. The SMILES string of the molecule is CNCCCN(C)C(C)Cc1cccs1. The van der Waals surface area contributed by atoms with Gasteiger partial charge in [0, 0.05) is 10.9 Å². The molecule has 1 unspecified atom stereocenters. The van der Waals surface area contributed by atoms with E-state index in [2.05, 4.69) is 41.7 Å². The molecule has 0 aliphatic carbocycles. The first-order valence-corrected chi connectivity index (χ1v) is 6.49. The van der Waals surface area contributed by atoms with E-state index in [4.69, 9.17) is 0 Å². The highest BCUT2D eigenvalue weighted by Gasteiger charge is 2.09. The molecule has 0 aromatic carbocycles. The van der Waals surface area contributed by atoms with Gasteiger partial charge in [-0.1, -0.05) is 6.07 Å². The second-order valence-electron chi connectivity index (χ2n) is 4.07. The molecule has 0 bridgehead atoms. The van der Waals surface area contributed by atoms with Crippen molar-refractivity contribution in [2.45, 2.75) is 25.8 Å². The van der Waals surface area contributed by atoms with Crippen molar-refractivity contribution in [2.75, 3.05) is 27.2 Å². The van der Waals surface area contributed by atoms with E-state index in [-0.39, 0.29) is 0 Å². The Morgan fingerprint density at radius 1 is 1.53 bits per heavy atom. The molecule has 86 valence electrons. The molecule has 0 radical (unpaired) electrons. The maximum Gasteiger partial charge on any atom is 0.0112 e. The smallest absolute Gasteiger partial charge is 0.0112 e. The molecule has 0 amide bonds. The summed E-state index contributed by atoms with van der Waals surface area (Å²) in [6.07, 6.45) is 2.40. The van der Waals surface area contributed by atoms with Crippen LogP contribution in [0.15, 0.2) is 17.5 Å². The lowest BCUT2D eigenvalue weighted by Crippen LogP contribution is -2.32. The van der Waals surface area contributed by atoms with Gasteiger partial charge in [-0.05, 0) is 58.4 Å². The average molecular weight is 226 g/mol. The van der Waals surface area contributed by atoms with Crippen LogP contribution >= 0.6 is 11.3 Å². The van der Waals surface area contributed by atoms with Gasteiger partial charge in [-0.3, -0.25) is 0 Å². The average Bonchev–Trinajstić information content (AvgIpc) is 2.70.